The van der Waals surface area contributed by atoms with Gasteiger partial charge in [0, 0.05) is 19.5 Å². The molecule has 0 atom stereocenters. The number of allylic oxidation sites excluding steroid dienone is 12. The first kappa shape index (κ1) is 27.8. The molecule has 168 valence electrons. The van der Waals surface area contributed by atoms with Crippen molar-refractivity contribution >= 4 is 5.91 Å². The Labute approximate surface area is 184 Å². The van der Waals surface area contributed by atoms with Gasteiger partial charge in [0.1, 0.15) is 0 Å². The minimum atomic E-state index is 0.0610. The van der Waals surface area contributed by atoms with Crippen LogP contribution in [0.5, 0.6) is 0 Å². The van der Waals surface area contributed by atoms with Gasteiger partial charge in [-0.05, 0) is 44.9 Å². The highest BCUT2D eigenvalue weighted by molar-refractivity contribution is 5.75. The predicted molar refractivity (Wildman–Crippen MR) is 130 cm³/mol. The average Bonchev–Trinajstić information content (AvgIpc) is 2.75. The second-order valence-corrected chi connectivity index (χ2v) is 6.70. The third-order valence-corrected chi connectivity index (χ3v) is 3.97. The summed E-state index contributed by atoms with van der Waals surface area (Å²) < 4.78 is 5.20. The topological polar surface area (TPSA) is 64.3 Å². The summed E-state index contributed by atoms with van der Waals surface area (Å²) in [4.78, 5) is 11.6. The monoisotopic (exact) mass is 414 g/mol. The largest absolute Gasteiger partial charge is 0.378 e. The maximum Gasteiger partial charge on any atom is 0.220 e. The van der Waals surface area contributed by atoms with E-state index < -0.39 is 0 Å². The fourth-order valence-corrected chi connectivity index (χ4v) is 2.39. The summed E-state index contributed by atoms with van der Waals surface area (Å²) >= 11 is 0. The Hall–Kier alpha value is -2.17. The standard InChI is InChI=1S/C26H42N2O2/c1-2-3-4-5-6-7-8-9-10-11-12-13-14-15-16-17-18-19-20-21-26(29)28-23-25-30-24-22-27/h3-4,6-7,9-10,12-13,15-16,18-19H,2,5,8,11,14,17,20-25,27H2,1H3,(H,28,29)/b4-3-,7-6-,10-9-,13-12-,16-15-,19-18-. The Bertz CT molecular complexity index is 557. The molecule has 3 N–H and O–H groups in total. The van der Waals surface area contributed by atoms with E-state index in [0.29, 0.717) is 32.7 Å². The third-order valence-electron chi connectivity index (χ3n) is 3.97. The van der Waals surface area contributed by atoms with Crippen molar-refractivity contribution in [1.82, 2.24) is 5.32 Å². The van der Waals surface area contributed by atoms with E-state index in [9.17, 15) is 4.79 Å². The van der Waals surface area contributed by atoms with Crippen LogP contribution in [0.25, 0.3) is 0 Å². The highest BCUT2D eigenvalue weighted by atomic mass is 16.5. The number of carbonyl (C=O) groups is 1. The summed E-state index contributed by atoms with van der Waals surface area (Å²) in [6.45, 7) is 4.26. The molecule has 0 aromatic carbocycles. The molecular formula is C26H42N2O2. The van der Waals surface area contributed by atoms with Crippen molar-refractivity contribution in [2.45, 2.75) is 58.3 Å². The third kappa shape index (κ3) is 23.9. The normalized spacial score (nSPS) is 12.7. The van der Waals surface area contributed by atoms with E-state index in [-0.39, 0.29) is 5.91 Å². The van der Waals surface area contributed by atoms with Gasteiger partial charge in [-0.25, -0.2) is 0 Å². The van der Waals surface area contributed by atoms with Gasteiger partial charge in [-0.3, -0.25) is 4.79 Å². The zero-order valence-electron chi connectivity index (χ0n) is 18.8. The molecule has 0 saturated carbocycles. The highest BCUT2D eigenvalue weighted by Crippen LogP contribution is 1.97. The van der Waals surface area contributed by atoms with Crippen LogP contribution in [0.4, 0.5) is 0 Å². The molecule has 0 unspecified atom stereocenters. The van der Waals surface area contributed by atoms with Gasteiger partial charge < -0.3 is 15.8 Å². The van der Waals surface area contributed by atoms with Crippen LogP contribution < -0.4 is 11.1 Å². The van der Waals surface area contributed by atoms with Gasteiger partial charge in [0.15, 0.2) is 0 Å². The molecule has 4 nitrogen and oxygen atoms in total. The molecule has 0 aromatic heterocycles. The van der Waals surface area contributed by atoms with Crippen molar-refractivity contribution in [2.75, 3.05) is 26.3 Å². The van der Waals surface area contributed by atoms with Crippen LogP contribution in [-0.4, -0.2) is 32.2 Å². The number of ether oxygens (including phenoxy) is 1. The van der Waals surface area contributed by atoms with Gasteiger partial charge in [0.2, 0.25) is 5.91 Å². The summed E-state index contributed by atoms with van der Waals surface area (Å²) in [5, 5.41) is 2.83. The van der Waals surface area contributed by atoms with Gasteiger partial charge in [-0.1, -0.05) is 79.8 Å². The van der Waals surface area contributed by atoms with Crippen LogP contribution in [0.3, 0.4) is 0 Å². The molecule has 0 aliphatic rings. The molecule has 4 heteroatoms. The van der Waals surface area contributed by atoms with Crippen LogP contribution in [0.1, 0.15) is 58.3 Å². The summed E-state index contributed by atoms with van der Waals surface area (Å²) in [7, 11) is 0. The second-order valence-electron chi connectivity index (χ2n) is 6.70. The first-order valence-electron chi connectivity index (χ1n) is 11.3. The van der Waals surface area contributed by atoms with Crippen molar-refractivity contribution in [3.05, 3.63) is 72.9 Å². The lowest BCUT2D eigenvalue weighted by Crippen LogP contribution is -2.27. The number of carbonyl (C=O) groups excluding carboxylic acids is 1. The Balaban J connectivity index is 3.53. The molecule has 0 spiro atoms. The minimum absolute atomic E-state index is 0.0610. The molecule has 0 aliphatic carbocycles. The Kier molecular flexibility index (Phi) is 23.1. The smallest absolute Gasteiger partial charge is 0.220 e. The number of nitrogens with two attached hydrogens (primary N) is 1. The summed E-state index contributed by atoms with van der Waals surface area (Å²) in [6.07, 6.45) is 33.4. The van der Waals surface area contributed by atoms with Crippen molar-refractivity contribution in [3.8, 4) is 0 Å². The van der Waals surface area contributed by atoms with E-state index in [1.807, 2.05) is 0 Å². The zero-order valence-corrected chi connectivity index (χ0v) is 18.8. The first-order valence-corrected chi connectivity index (χ1v) is 11.3. The van der Waals surface area contributed by atoms with E-state index in [1.165, 1.54) is 0 Å². The van der Waals surface area contributed by atoms with Crippen LogP contribution in [0, 0.1) is 0 Å². The molecule has 0 aliphatic heterocycles. The Morgan fingerprint density at radius 1 is 0.733 bits per heavy atom. The van der Waals surface area contributed by atoms with E-state index in [1.54, 1.807) is 0 Å². The summed E-state index contributed by atoms with van der Waals surface area (Å²) in [6, 6.07) is 0. The van der Waals surface area contributed by atoms with Crippen LogP contribution >= 0.6 is 0 Å². The Morgan fingerprint density at radius 3 is 1.67 bits per heavy atom. The number of hydrogen-bond donors (Lipinski definition) is 2. The minimum Gasteiger partial charge on any atom is -0.378 e. The summed E-state index contributed by atoms with van der Waals surface area (Å²) in [5.41, 5.74) is 5.32. The molecule has 0 heterocycles. The molecule has 0 fully saturated rings. The molecule has 0 bridgehead atoms. The van der Waals surface area contributed by atoms with E-state index in [4.69, 9.17) is 10.5 Å². The fourth-order valence-electron chi connectivity index (χ4n) is 2.39. The molecule has 0 radical (unpaired) electrons. The maximum atomic E-state index is 11.6. The SMILES string of the molecule is CC/C=C\C/C=C\C/C=C\C/C=C\C/C=C\C/C=C\CCC(=O)NCCOCCN. The Morgan fingerprint density at radius 2 is 1.20 bits per heavy atom. The first-order chi connectivity index (χ1) is 14.8. The highest BCUT2D eigenvalue weighted by Gasteiger charge is 1.97. The molecule has 1 amide bonds. The lowest BCUT2D eigenvalue weighted by molar-refractivity contribution is -0.121. The number of hydrogen-bond acceptors (Lipinski definition) is 3. The lowest BCUT2D eigenvalue weighted by atomic mass is 10.2. The van der Waals surface area contributed by atoms with Gasteiger partial charge in [-0.2, -0.15) is 0 Å². The van der Waals surface area contributed by atoms with Gasteiger partial charge in [0.05, 0.1) is 13.2 Å². The predicted octanol–water partition coefficient (Wildman–Crippen LogP) is 5.56. The van der Waals surface area contributed by atoms with Crippen molar-refractivity contribution in [3.63, 3.8) is 0 Å². The van der Waals surface area contributed by atoms with Gasteiger partial charge >= 0.3 is 0 Å². The molecule has 30 heavy (non-hydrogen) atoms. The van der Waals surface area contributed by atoms with Crippen LogP contribution in [0.2, 0.25) is 0 Å². The maximum absolute atomic E-state index is 11.6. The molecule has 0 rings (SSSR count). The number of amides is 1. The average molecular weight is 415 g/mol. The molecule has 0 saturated heterocycles. The van der Waals surface area contributed by atoms with Crippen LogP contribution in [-0.2, 0) is 9.53 Å². The quantitative estimate of drug-likeness (QED) is 0.215. The van der Waals surface area contributed by atoms with Crippen LogP contribution in [0.15, 0.2) is 72.9 Å². The van der Waals surface area contributed by atoms with Crippen molar-refractivity contribution in [1.29, 1.82) is 0 Å². The fraction of sp³-hybridized carbons (Fsp3) is 0.500. The molecular weight excluding hydrogens is 372 g/mol. The molecule has 0 aromatic rings. The van der Waals surface area contributed by atoms with E-state index in [0.717, 1.165) is 44.9 Å². The van der Waals surface area contributed by atoms with Gasteiger partial charge in [0.25, 0.3) is 0 Å². The second kappa shape index (κ2) is 24.9. The number of rotatable bonds is 19. The number of nitrogens with one attached hydrogen (secondary N) is 1. The lowest BCUT2D eigenvalue weighted by Gasteiger charge is -2.04. The van der Waals surface area contributed by atoms with Gasteiger partial charge in [-0.15, -0.1) is 0 Å². The van der Waals surface area contributed by atoms with Crippen molar-refractivity contribution < 1.29 is 9.53 Å². The summed E-state index contributed by atoms with van der Waals surface area (Å²) in [5.74, 6) is 0.0610. The van der Waals surface area contributed by atoms with Crippen molar-refractivity contribution in [2.24, 2.45) is 5.73 Å². The van der Waals surface area contributed by atoms with E-state index >= 15 is 0 Å². The van der Waals surface area contributed by atoms with E-state index in [2.05, 4.69) is 85.2 Å². The zero-order chi connectivity index (χ0) is 22.0.